The number of fused-ring (bicyclic) bond motifs is 1. The van der Waals surface area contributed by atoms with Gasteiger partial charge in [0, 0.05) is 18.8 Å². The molecule has 1 atom stereocenters. The van der Waals surface area contributed by atoms with Crippen LogP contribution >= 0.6 is 0 Å². The summed E-state index contributed by atoms with van der Waals surface area (Å²) in [5.41, 5.74) is 1.38. The Hall–Kier alpha value is -2.54. The van der Waals surface area contributed by atoms with Crippen molar-refractivity contribution in [2.24, 2.45) is 0 Å². The summed E-state index contributed by atoms with van der Waals surface area (Å²) in [5, 5.41) is 3.91. The average Bonchev–Trinajstić information content (AvgIpc) is 3.02. The van der Waals surface area contributed by atoms with Crippen molar-refractivity contribution in [3.8, 4) is 0 Å². The topological polar surface area (TPSA) is 76.5 Å². The summed E-state index contributed by atoms with van der Waals surface area (Å²) in [7, 11) is 0. The minimum atomic E-state index is -0.0576. The highest BCUT2D eigenvalue weighted by Crippen LogP contribution is 2.30. The maximum atomic E-state index is 12.3. The number of hydrogen-bond acceptors (Lipinski definition) is 6. The molecule has 4 heterocycles. The Labute approximate surface area is 138 Å². The first-order chi connectivity index (χ1) is 11.7. The Morgan fingerprint density at radius 2 is 2.21 bits per heavy atom. The largest absolute Gasteiger partial charge is 0.338 e. The molecule has 0 aromatic carbocycles. The lowest BCUT2D eigenvalue weighted by Crippen LogP contribution is -2.34. The molecule has 1 unspecified atom stereocenters. The van der Waals surface area contributed by atoms with E-state index in [0.717, 1.165) is 31.5 Å². The second-order valence-corrected chi connectivity index (χ2v) is 6.18. The van der Waals surface area contributed by atoms with Gasteiger partial charge in [-0.05, 0) is 38.4 Å². The van der Waals surface area contributed by atoms with Crippen molar-refractivity contribution in [1.82, 2.24) is 24.4 Å². The Balaban J connectivity index is 1.64. The third-order valence-electron chi connectivity index (χ3n) is 4.43. The van der Waals surface area contributed by atoms with Crippen LogP contribution in [0.1, 0.15) is 42.7 Å². The summed E-state index contributed by atoms with van der Waals surface area (Å²) < 4.78 is 6.93. The van der Waals surface area contributed by atoms with Gasteiger partial charge in [-0.2, -0.15) is 4.98 Å². The summed E-state index contributed by atoms with van der Waals surface area (Å²) in [6.07, 6.45) is 4.97. The molecule has 0 bridgehead atoms. The summed E-state index contributed by atoms with van der Waals surface area (Å²) in [6, 6.07) is 7.26. The van der Waals surface area contributed by atoms with Crippen LogP contribution in [0.25, 0.3) is 5.65 Å². The fourth-order valence-corrected chi connectivity index (χ4v) is 3.30. The highest BCUT2D eigenvalue weighted by molar-refractivity contribution is 5.38. The van der Waals surface area contributed by atoms with Crippen LogP contribution in [-0.4, -0.2) is 31.0 Å². The van der Waals surface area contributed by atoms with Gasteiger partial charge in [-0.15, -0.1) is 0 Å². The molecule has 0 N–H and O–H groups in total. The maximum Gasteiger partial charge on any atom is 0.258 e. The van der Waals surface area contributed by atoms with Gasteiger partial charge in [-0.1, -0.05) is 17.6 Å². The van der Waals surface area contributed by atoms with Crippen LogP contribution < -0.4 is 5.56 Å². The first kappa shape index (κ1) is 15.0. The van der Waals surface area contributed by atoms with Gasteiger partial charge in [-0.3, -0.25) is 14.1 Å². The minimum absolute atomic E-state index is 0.0576. The van der Waals surface area contributed by atoms with Gasteiger partial charge in [0.25, 0.3) is 5.56 Å². The fourth-order valence-electron chi connectivity index (χ4n) is 3.30. The monoisotopic (exact) mass is 325 g/mol. The molecule has 7 heteroatoms. The summed E-state index contributed by atoms with van der Waals surface area (Å²) >= 11 is 0. The van der Waals surface area contributed by atoms with Crippen molar-refractivity contribution in [1.29, 1.82) is 0 Å². The molecule has 4 rings (SSSR count). The van der Waals surface area contributed by atoms with E-state index in [2.05, 4.69) is 20.0 Å². The van der Waals surface area contributed by atoms with Crippen molar-refractivity contribution >= 4 is 5.65 Å². The number of piperidine rings is 1. The van der Waals surface area contributed by atoms with Gasteiger partial charge in [-0.25, -0.2) is 4.98 Å². The highest BCUT2D eigenvalue weighted by atomic mass is 16.5. The van der Waals surface area contributed by atoms with E-state index in [1.165, 1.54) is 0 Å². The van der Waals surface area contributed by atoms with Crippen LogP contribution in [0.2, 0.25) is 0 Å². The molecule has 0 aliphatic carbocycles. The van der Waals surface area contributed by atoms with Gasteiger partial charge < -0.3 is 4.52 Å². The van der Waals surface area contributed by atoms with Crippen LogP contribution in [0.5, 0.6) is 0 Å². The van der Waals surface area contributed by atoms with Crippen molar-refractivity contribution in [2.45, 2.75) is 38.8 Å². The van der Waals surface area contributed by atoms with Crippen molar-refractivity contribution < 1.29 is 4.52 Å². The molecule has 0 spiro atoms. The van der Waals surface area contributed by atoms with Gasteiger partial charge >= 0.3 is 0 Å². The first-order valence-electron chi connectivity index (χ1n) is 8.22. The van der Waals surface area contributed by atoms with Gasteiger partial charge in [0.15, 0.2) is 5.82 Å². The fraction of sp³-hybridized carbons (Fsp3) is 0.412. The van der Waals surface area contributed by atoms with E-state index in [1.807, 2.05) is 25.1 Å². The molecule has 24 heavy (non-hydrogen) atoms. The average molecular weight is 325 g/mol. The molecule has 0 saturated carbocycles. The van der Waals surface area contributed by atoms with Crippen LogP contribution in [-0.2, 0) is 6.54 Å². The molecule has 3 aromatic rings. The first-order valence-corrected chi connectivity index (χ1v) is 8.22. The zero-order chi connectivity index (χ0) is 16.5. The Morgan fingerprint density at radius 1 is 1.29 bits per heavy atom. The smallest absolute Gasteiger partial charge is 0.258 e. The SMILES string of the molecule is Cc1noc(C2CCCCN2Cc2cc(=O)n3ccccc3n2)n1. The van der Waals surface area contributed by atoms with Gasteiger partial charge in [0.2, 0.25) is 5.89 Å². The molecule has 0 amide bonds. The lowest BCUT2D eigenvalue weighted by Gasteiger charge is -2.32. The van der Waals surface area contributed by atoms with Gasteiger partial charge in [0.1, 0.15) is 5.65 Å². The lowest BCUT2D eigenvalue weighted by molar-refractivity contribution is 0.110. The third kappa shape index (κ3) is 2.82. The highest BCUT2D eigenvalue weighted by Gasteiger charge is 2.28. The summed E-state index contributed by atoms with van der Waals surface area (Å²) in [4.78, 5) is 23.5. The Bertz CT molecular complexity index is 916. The maximum absolute atomic E-state index is 12.3. The number of pyridine rings is 1. The summed E-state index contributed by atoms with van der Waals surface area (Å²) in [5.74, 6) is 1.31. The number of aromatic nitrogens is 4. The molecule has 7 nitrogen and oxygen atoms in total. The van der Waals surface area contributed by atoms with Crippen LogP contribution in [0.4, 0.5) is 0 Å². The van der Waals surface area contributed by atoms with E-state index in [0.29, 0.717) is 23.9 Å². The number of nitrogens with zero attached hydrogens (tertiary/aromatic N) is 5. The zero-order valence-electron chi connectivity index (χ0n) is 13.6. The van der Waals surface area contributed by atoms with Crippen LogP contribution in [0, 0.1) is 6.92 Å². The minimum Gasteiger partial charge on any atom is -0.338 e. The molecule has 1 aliphatic rings. The van der Waals surface area contributed by atoms with E-state index < -0.39 is 0 Å². The second kappa shape index (κ2) is 6.16. The standard InChI is InChI=1S/C17H19N5O2/c1-12-18-17(24-20-12)14-6-2-4-8-21(14)11-13-10-16(23)22-9-5-3-7-15(22)19-13/h3,5,7,9-10,14H,2,4,6,8,11H2,1H3. The molecule has 1 saturated heterocycles. The molecule has 124 valence electrons. The van der Waals surface area contributed by atoms with E-state index in [4.69, 9.17) is 4.52 Å². The molecule has 1 fully saturated rings. The van der Waals surface area contributed by atoms with Crippen molar-refractivity contribution in [3.05, 3.63) is 58.2 Å². The second-order valence-electron chi connectivity index (χ2n) is 6.18. The van der Waals surface area contributed by atoms with Crippen LogP contribution in [0.3, 0.4) is 0 Å². The predicted octanol–water partition coefficient (Wildman–Crippen LogP) is 2.11. The molecular formula is C17H19N5O2. The van der Waals surface area contributed by atoms with Gasteiger partial charge in [0.05, 0.1) is 11.7 Å². The number of likely N-dealkylation sites (tertiary alicyclic amines) is 1. The Morgan fingerprint density at radius 3 is 3.04 bits per heavy atom. The summed E-state index contributed by atoms with van der Waals surface area (Å²) in [6.45, 7) is 3.36. The van der Waals surface area contributed by atoms with E-state index >= 15 is 0 Å². The van der Waals surface area contributed by atoms with E-state index in [9.17, 15) is 4.79 Å². The van der Waals surface area contributed by atoms with Crippen molar-refractivity contribution in [2.75, 3.05) is 6.54 Å². The third-order valence-corrected chi connectivity index (χ3v) is 4.43. The lowest BCUT2D eigenvalue weighted by atomic mass is 10.0. The number of aryl methyl sites for hydroxylation is 1. The Kier molecular flexibility index (Phi) is 3.86. The normalized spacial score (nSPS) is 19.0. The number of hydrogen-bond donors (Lipinski definition) is 0. The quantitative estimate of drug-likeness (QED) is 0.734. The van der Waals surface area contributed by atoms with Crippen LogP contribution in [0.15, 0.2) is 39.8 Å². The molecular weight excluding hydrogens is 306 g/mol. The van der Waals surface area contributed by atoms with Crippen molar-refractivity contribution in [3.63, 3.8) is 0 Å². The molecule has 0 radical (unpaired) electrons. The molecule has 3 aromatic heterocycles. The molecule has 1 aliphatic heterocycles. The van der Waals surface area contributed by atoms with E-state index in [-0.39, 0.29) is 11.6 Å². The number of rotatable bonds is 3. The predicted molar refractivity (Wildman–Crippen MR) is 87.5 cm³/mol. The zero-order valence-corrected chi connectivity index (χ0v) is 13.6. The van der Waals surface area contributed by atoms with E-state index in [1.54, 1.807) is 16.7 Å².